The van der Waals surface area contributed by atoms with Gasteiger partial charge in [0.25, 0.3) is 0 Å². The zero-order valence-electron chi connectivity index (χ0n) is 14.5. The van der Waals surface area contributed by atoms with Crippen LogP contribution in [-0.2, 0) is 25.5 Å². The summed E-state index contributed by atoms with van der Waals surface area (Å²) in [5.74, 6) is -0.803. The third kappa shape index (κ3) is 5.46. The van der Waals surface area contributed by atoms with Crippen molar-refractivity contribution in [1.82, 2.24) is 9.80 Å². The zero-order chi connectivity index (χ0) is 18.4. The summed E-state index contributed by atoms with van der Waals surface area (Å²) in [5, 5.41) is 0.678. The molecule has 6 nitrogen and oxygen atoms in total. The Hall–Kier alpha value is -2.08. The van der Waals surface area contributed by atoms with Crippen molar-refractivity contribution in [3.05, 3.63) is 34.9 Å². The van der Waals surface area contributed by atoms with Gasteiger partial charge in [0.2, 0.25) is 11.8 Å². The molecule has 1 saturated heterocycles. The molecule has 0 aliphatic carbocycles. The molecule has 1 aliphatic rings. The van der Waals surface area contributed by atoms with Crippen molar-refractivity contribution < 1.29 is 19.1 Å². The van der Waals surface area contributed by atoms with Crippen LogP contribution in [0.25, 0.3) is 0 Å². The monoisotopic (exact) mass is 366 g/mol. The van der Waals surface area contributed by atoms with Crippen molar-refractivity contribution in [3.8, 4) is 0 Å². The molecule has 1 heterocycles. The number of likely N-dealkylation sites (N-methyl/N-ethyl adjacent to an activating group) is 1. The van der Waals surface area contributed by atoms with Crippen LogP contribution in [0.1, 0.15) is 18.4 Å². The fraction of sp³-hybridized carbons (Fsp3) is 0.500. The Labute approximate surface area is 152 Å². The molecule has 1 aromatic carbocycles. The van der Waals surface area contributed by atoms with E-state index >= 15 is 0 Å². The average molecular weight is 367 g/mol. The number of hydrogen-bond acceptors (Lipinski definition) is 4. The number of ether oxygens (including phenoxy) is 1. The summed E-state index contributed by atoms with van der Waals surface area (Å²) in [5.41, 5.74) is 1.09. The molecule has 25 heavy (non-hydrogen) atoms. The molecular formula is C18H23ClN2O4. The van der Waals surface area contributed by atoms with Crippen molar-refractivity contribution in [3.63, 3.8) is 0 Å². The lowest BCUT2D eigenvalue weighted by Gasteiger charge is -2.33. The molecule has 1 aromatic rings. The van der Waals surface area contributed by atoms with Crippen molar-refractivity contribution in [1.29, 1.82) is 0 Å². The minimum Gasteiger partial charge on any atom is -0.468 e. The Morgan fingerprint density at radius 1 is 1.32 bits per heavy atom. The van der Waals surface area contributed by atoms with Gasteiger partial charge in [-0.2, -0.15) is 0 Å². The Morgan fingerprint density at radius 2 is 2.00 bits per heavy atom. The molecule has 0 saturated carbocycles. The van der Waals surface area contributed by atoms with Gasteiger partial charge in [0, 0.05) is 31.6 Å². The van der Waals surface area contributed by atoms with E-state index in [1.807, 2.05) is 24.3 Å². The molecule has 2 amide bonds. The van der Waals surface area contributed by atoms with Gasteiger partial charge in [-0.25, -0.2) is 0 Å². The fourth-order valence-corrected chi connectivity index (χ4v) is 3.02. The molecular weight excluding hydrogens is 344 g/mol. The molecule has 0 unspecified atom stereocenters. The first-order chi connectivity index (χ1) is 11.9. The van der Waals surface area contributed by atoms with Gasteiger partial charge in [-0.1, -0.05) is 23.7 Å². The molecule has 0 bridgehead atoms. The highest BCUT2D eigenvalue weighted by molar-refractivity contribution is 6.30. The fourth-order valence-electron chi connectivity index (χ4n) is 2.90. The molecule has 7 heteroatoms. The van der Waals surface area contributed by atoms with E-state index < -0.39 is 5.97 Å². The number of carbonyl (C=O) groups is 3. The highest BCUT2D eigenvalue weighted by Gasteiger charge is 2.32. The molecule has 1 fully saturated rings. The number of amides is 2. The summed E-state index contributed by atoms with van der Waals surface area (Å²) < 4.78 is 4.59. The summed E-state index contributed by atoms with van der Waals surface area (Å²) in [6, 6.07) is 7.51. The second-order valence-electron chi connectivity index (χ2n) is 6.22. The topological polar surface area (TPSA) is 66.9 Å². The van der Waals surface area contributed by atoms with Gasteiger partial charge in [-0.3, -0.25) is 14.4 Å². The summed E-state index contributed by atoms with van der Waals surface area (Å²) >= 11 is 5.87. The lowest BCUT2D eigenvalue weighted by Crippen LogP contribution is -2.47. The van der Waals surface area contributed by atoms with Crippen LogP contribution in [0.15, 0.2) is 24.3 Å². The minimum atomic E-state index is -0.456. The van der Waals surface area contributed by atoms with Gasteiger partial charge >= 0.3 is 5.97 Å². The van der Waals surface area contributed by atoms with Crippen LogP contribution in [0.5, 0.6) is 0 Å². The number of nitrogens with zero attached hydrogens (tertiary/aromatic N) is 2. The first kappa shape index (κ1) is 19.2. The Bertz CT molecular complexity index is 632. The van der Waals surface area contributed by atoms with E-state index in [-0.39, 0.29) is 24.3 Å². The summed E-state index contributed by atoms with van der Waals surface area (Å²) in [4.78, 5) is 39.0. The van der Waals surface area contributed by atoms with Gasteiger partial charge in [-0.05, 0) is 30.5 Å². The number of esters is 1. The normalized spacial score (nSPS) is 17.3. The molecule has 2 rings (SSSR count). The van der Waals surface area contributed by atoms with E-state index in [2.05, 4.69) is 4.74 Å². The molecule has 1 aliphatic heterocycles. The quantitative estimate of drug-likeness (QED) is 0.719. The second kappa shape index (κ2) is 8.85. The number of likely N-dealkylation sites (tertiary alicyclic amines) is 1. The highest BCUT2D eigenvalue weighted by atomic mass is 35.5. The van der Waals surface area contributed by atoms with Crippen LogP contribution in [0, 0.1) is 5.92 Å². The van der Waals surface area contributed by atoms with Gasteiger partial charge in [0.05, 0.1) is 13.0 Å². The van der Waals surface area contributed by atoms with E-state index in [0.29, 0.717) is 37.4 Å². The lowest BCUT2D eigenvalue weighted by atomic mass is 9.95. The minimum absolute atomic E-state index is 0.0636. The predicted molar refractivity (Wildman–Crippen MR) is 94.1 cm³/mol. The molecule has 136 valence electrons. The van der Waals surface area contributed by atoms with Crippen LogP contribution in [0.3, 0.4) is 0 Å². The number of halogens is 1. The van der Waals surface area contributed by atoms with Crippen LogP contribution < -0.4 is 0 Å². The smallest absolute Gasteiger partial charge is 0.325 e. The van der Waals surface area contributed by atoms with Crippen molar-refractivity contribution in [2.75, 3.05) is 33.8 Å². The Balaban J connectivity index is 1.91. The van der Waals surface area contributed by atoms with Gasteiger partial charge < -0.3 is 14.5 Å². The van der Waals surface area contributed by atoms with Crippen LogP contribution in [-0.4, -0.2) is 61.4 Å². The number of piperidine rings is 1. The van der Waals surface area contributed by atoms with Gasteiger partial charge in [0.1, 0.15) is 6.54 Å². The number of hydrogen-bond donors (Lipinski definition) is 0. The SMILES string of the molecule is COC(=O)CN(C)C(=O)[C@@H]1CCC(=O)N(CCc2ccc(Cl)cc2)C1. The highest BCUT2D eigenvalue weighted by Crippen LogP contribution is 2.20. The first-order valence-electron chi connectivity index (χ1n) is 8.24. The number of rotatable bonds is 6. The van der Waals surface area contributed by atoms with Crippen LogP contribution >= 0.6 is 11.6 Å². The third-order valence-electron chi connectivity index (χ3n) is 4.40. The van der Waals surface area contributed by atoms with Crippen molar-refractivity contribution in [2.45, 2.75) is 19.3 Å². The number of methoxy groups -OCH3 is 1. The van der Waals surface area contributed by atoms with E-state index in [4.69, 9.17) is 11.6 Å². The van der Waals surface area contributed by atoms with Crippen LogP contribution in [0.4, 0.5) is 0 Å². The molecule has 0 radical (unpaired) electrons. The van der Waals surface area contributed by atoms with E-state index in [1.54, 1.807) is 11.9 Å². The average Bonchev–Trinajstić information content (AvgIpc) is 2.61. The van der Waals surface area contributed by atoms with Crippen molar-refractivity contribution >= 4 is 29.4 Å². The van der Waals surface area contributed by atoms with E-state index in [0.717, 1.165) is 5.56 Å². The van der Waals surface area contributed by atoms with Crippen molar-refractivity contribution in [2.24, 2.45) is 5.92 Å². The van der Waals surface area contributed by atoms with Gasteiger partial charge in [0.15, 0.2) is 0 Å². The maximum atomic E-state index is 12.5. The zero-order valence-corrected chi connectivity index (χ0v) is 15.3. The maximum absolute atomic E-state index is 12.5. The molecule has 0 spiro atoms. The largest absolute Gasteiger partial charge is 0.468 e. The standard InChI is InChI=1S/C18H23ClN2O4/c1-20(12-17(23)25-2)18(24)14-5-8-16(22)21(11-14)10-9-13-3-6-15(19)7-4-13/h3-4,6-7,14H,5,8-12H2,1-2H3/t14-/m1/s1. The number of benzene rings is 1. The van der Waals surface area contributed by atoms with E-state index in [1.165, 1.54) is 12.0 Å². The predicted octanol–water partition coefficient (Wildman–Crippen LogP) is 1.75. The Kier molecular flexibility index (Phi) is 6.82. The van der Waals surface area contributed by atoms with E-state index in [9.17, 15) is 14.4 Å². The third-order valence-corrected chi connectivity index (χ3v) is 4.66. The molecule has 0 aromatic heterocycles. The second-order valence-corrected chi connectivity index (χ2v) is 6.66. The summed E-state index contributed by atoms with van der Waals surface area (Å²) in [6.45, 7) is 0.867. The summed E-state index contributed by atoms with van der Waals surface area (Å²) in [7, 11) is 2.87. The Morgan fingerprint density at radius 3 is 2.64 bits per heavy atom. The molecule has 0 N–H and O–H groups in total. The first-order valence-corrected chi connectivity index (χ1v) is 8.62. The maximum Gasteiger partial charge on any atom is 0.325 e. The summed E-state index contributed by atoms with van der Waals surface area (Å²) in [6.07, 6.45) is 1.57. The number of carbonyl (C=O) groups excluding carboxylic acids is 3. The van der Waals surface area contributed by atoms with Gasteiger partial charge in [-0.15, -0.1) is 0 Å². The lowest BCUT2D eigenvalue weighted by molar-refractivity contribution is -0.149. The molecule has 1 atom stereocenters. The van der Waals surface area contributed by atoms with Crippen LogP contribution in [0.2, 0.25) is 5.02 Å².